The minimum atomic E-state index is -0.0980. The Hall–Kier alpha value is -1.56. The van der Waals surface area contributed by atoms with E-state index < -0.39 is 0 Å². The molecular formula is C16H22Cl2N4O. The minimum Gasteiger partial charge on any atom is -0.351 e. The van der Waals surface area contributed by atoms with E-state index in [1.807, 2.05) is 45.2 Å². The third-order valence-electron chi connectivity index (χ3n) is 3.33. The van der Waals surface area contributed by atoms with Crippen LogP contribution in [-0.4, -0.2) is 35.8 Å². The van der Waals surface area contributed by atoms with Crippen molar-refractivity contribution in [2.45, 2.75) is 19.8 Å². The Morgan fingerprint density at radius 1 is 1.26 bits per heavy atom. The molecule has 1 aromatic carbocycles. The second-order valence-corrected chi connectivity index (χ2v) is 5.78. The molecule has 2 N–H and O–H groups in total. The molecule has 0 radical (unpaired) electrons. The van der Waals surface area contributed by atoms with Crippen LogP contribution in [0.1, 0.15) is 35.8 Å². The number of benzene rings is 1. The van der Waals surface area contributed by atoms with Gasteiger partial charge in [-0.15, -0.1) is 12.4 Å². The summed E-state index contributed by atoms with van der Waals surface area (Å²) < 4.78 is 1.80. The molecular weight excluding hydrogens is 335 g/mol. The summed E-state index contributed by atoms with van der Waals surface area (Å²) in [5.41, 5.74) is 2.40. The van der Waals surface area contributed by atoms with Gasteiger partial charge in [-0.1, -0.05) is 25.4 Å². The highest BCUT2D eigenvalue weighted by Gasteiger charge is 2.20. The van der Waals surface area contributed by atoms with Crippen LogP contribution in [-0.2, 0) is 0 Å². The van der Waals surface area contributed by atoms with Crippen LogP contribution in [0.15, 0.2) is 30.5 Å². The summed E-state index contributed by atoms with van der Waals surface area (Å²) in [4.78, 5) is 12.3. The van der Waals surface area contributed by atoms with Crippen molar-refractivity contribution in [3.05, 3.63) is 46.7 Å². The zero-order chi connectivity index (χ0) is 16.1. The summed E-state index contributed by atoms with van der Waals surface area (Å²) in [6.07, 6.45) is 1.62. The van der Waals surface area contributed by atoms with Crippen molar-refractivity contribution in [2.75, 3.05) is 20.1 Å². The summed E-state index contributed by atoms with van der Waals surface area (Å²) in [6.45, 7) is 5.41. The van der Waals surface area contributed by atoms with Crippen molar-refractivity contribution < 1.29 is 4.79 Å². The van der Waals surface area contributed by atoms with Crippen LogP contribution in [0.3, 0.4) is 0 Å². The van der Waals surface area contributed by atoms with E-state index in [0.29, 0.717) is 17.1 Å². The van der Waals surface area contributed by atoms with E-state index >= 15 is 0 Å². The van der Waals surface area contributed by atoms with Crippen LogP contribution in [0.5, 0.6) is 0 Å². The average molecular weight is 357 g/mol. The summed E-state index contributed by atoms with van der Waals surface area (Å²) in [6, 6.07) is 7.42. The van der Waals surface area contributed by atoms with E-state index in [2.05, 4.69) is 15.7 Å². The van der Waals surface area contributed by atoms with E-state index in [-0.39, 0.29) is 24.2 Å². The molecule has 1 heterocycles. The lowest BCUT2D eigenvalue weighted by molar-refractivity contribution is 0.0953. The number of aromatic nitrogens is 2. The number of amides is 1. The first-order valence-electron chi connectivity index (χ1n) is 7.31. The zero-order valence-corrected chi connectivity index (χ0v) is 15.0. The number of carbonyl (C=O) groups is 1. The Morgan fingerprint density at radius 2 is 1.91 bits per heavy atom. The SMILES string of the molecule is CNCCNC(=O)c1cnn(-c2ccc(Cl)cc2)c1C(C)C.Cl. The number of nitrogens with one attached hydrogen (secondary N) is 2. The molecule has 0 unspecified atom stereocenters. The molecule has 0 bridgehead atoms. The van der Waals surface area contributed by atoms with Crippen LogP contribution < -0.4 is 10.6 Å². The fourth-order valence-corrected chi connectivity index (χ4v) is 2.40. The lowest BCUT2D eigenvalue weighted by atomic mass is 10.1. The molecule has 2 rings (SSSR count). The van der Waals surface area contributed by atoms with Crippen molar-refractivity contribution >= 4 is 29.9 Å². The molecule has 0 saturated heterocycles. The number of nitrogens with zero attached hydrogens (tertiary/aromatic N) is 2. The van der Waals surface area contributed by atoms with Gasteiger partial charge in [0.05, 0.1) is 23.1 Å². The first-order chi connectivity index (χ1) is 10.5. The minimum absolute atomic E-state index is 0. The molecule has 1 aromatic heterocycles. The number of hydrogen-bond donors (Lipinski definition) is 2. The molecule has 0 aliphatic carbocycles. The Morgan fingerprint density at radius 3 is 2.48 bits per heavy atom. The highest BCUT2D eigenvalue weighted by atomic mass is 35.5. The van der Waals surface area contributed by atoms with Crippen molar-refractivity contribution in [3.63, 3.8) is 0 Å². The van der Waals surface area contributed by atoms with Gasteiger partial charge >= 0.3 is 0 Å². The fraction of sp³-hybridized carbons (Fsp3) is 0.375. The summed E-state index contributed by atoms with van der Waals surface area (Å²) in [5.74, 6) is 0.0717. The molecule has 0 aliphatic rings. The van der Waals surface area contributed by atoms with Gasteiger partial charge in [0.1, 0.15) is 0 Å². The van der Waals surface area contributed by atoms with Gasteiger partial charge in [-0.05, 0) is 37.2 Å². The Bertz CT molecular complexity index is 638. The van der Waals surface area contributed by atoms with Gasteiger partial charge in [-0.2, -0.15) is 5.10 Å². The molecule has 0 spiro atoms. The number of likely N-dealkylation sites (N-methyl/N-ethyl adjacent to an activating group) is 1. The normalized spacial score (nSPS) is 10.5. The first kappa shape index (κ1) is 19.5. The quantitative estimate of drug-likeness (QED) is 0.782. The monoisotopic (exact) mass is 356 g/mol. The van der Waals surface area contributed by atoms with Crippen molar-refractivity contribution in [2.24, 2.45) is 0 Å². The van der Waals surface area contributed by atoms with Crippen molar-refractivity contribution in [1.29, 1.82) is 0 Å². The van der Waals surface area contributed by atoms with E-state index in [1.165, 1.54) is 0 Å². The lowest BCUT2D eigenvalue weighted by Gasteiger charge is -2.13. The topological polar surface area (TPSA) is 58.9 Å². The van der Waals surface area contributed by atoms with Gasteiger partial charge in [-0.25, -0.2) is 4.68 Å². The smallest absolute Gasteiger partial charge is 0.254 e. The van der Waals surface area contributed by atoms with Gasteiger partial charge in [-0.3, -0.25) is 4.79 Å². The van der Waals surface area contributed by atoms with Crippen molar-refractivity contribution in [1.82, 2.24) is 20.4 Å². The lowest BCUT2D eigenvalue weighted by Crippen LogP contribution is -2.31. The molecule has 126 valence electrons. The van der Waals surface area contributed by atoms with Gasteiger partial charge in [0.25, 0.3) is 5.91 Å². The van der Waals surface area contributed by atoms with E-state index in [0.717, 1.165) is 17.9 Å². The molecule has 23 heavy (non-hydrogen) atoms. The van der Waals surface area contributed by atoms with E-state index in [4.69, 9.17) is 11.6 Å². The van der Waals surface area contributed by atoms with Crippen LogP contribution in [0.25, 0.3) is 5.69 Å². The van der Waals surface area contributed by atoms with Gasteiger partial charge in [0.15, 0.2) is 0 Å². The third kappa shape index (κ3) is 4.70. The Balaban J connectivity index is 0.00000264. The van der Waals surface area contributed by atoms with E-state index in [9.17, 15) is 4.79 Å². The molecule has 0 atom stereocenters. The highest BCUT2D eigenvalue weighted by Crippen LogP contribution is 2.23. The first-order valence-corrected chi connectivity index (χ1v) is 7.69. The molecule has 0 aliphatic heterocycles. The number of halogens is 2. The van der Waals surface area contributed by atoms with Gasteiger partial charge in [0, 0.05) is 18.1 Å². The van der Waals surface area contributed by atoms with Crippen molar-refractivity contribution in [3.8, 4) is 5.69 Å². The third-order valence-corrected chi connectivity index (χ3v) is 3.58. The second kappa shape index (κ2) is 8.91. The predicted octanol–water partition coefficient (Wildman–Crippen LogP) is 3.02. The second-order valence-electron chi connectivity index (χ2n) is 5.35. The maximum Gasteiger partial charge on any atom is 0.254 e. The summed E-state index contributed by atoms with van der Waals surface area (Å²) in [7, 11) is 1.85. The van der Waals surface area contributed by atoms with E-state index in [1.54, 1.807) is 10.9 Å². The Kier molecular flexibility index (Phi) is 7.55. The molecule has 0 fully saturated rings. The van der Waals surface area contributed by atoms with Gasteiger partial charge < -0.3 is 10.6 Å². The summed E-state index contributed by atoms with van der Waals surface area (Å²) in [5, 5.41) is 11.0. The molecule has 1 amide bonds. The number of hydrogen-bond acceptors (Lipinski definition) is 3. The Labute approximate surface area is 147 Å². The molecule has 2 aromatic rings. The molecule has 5 nitrogen and oxygen atoms in total. The highest BCUT2D eigenvalue weighted by molar-refractivity contribution is 6.30. The fourth-order valence-electron chi connectivity index (χ4n) is 2.27. The van der Waals surface area contributed by atoms with Crippen LogP contribution in [0.4, 0.5) is 0 Å². The average Bonchev–Trinajstić information content (AvgIpc) is 2.93. The van der Waals surface area contributed by atoms with Crippen LogP contribution in [0.2, 0.25) is 5.02 Å². The maximum atomic E-state index is 12.3. The summed E-state index contributed by atoms with van der Waals surface area (Å²) >= 11 is 5.93. The maximum absolute atomic E-state index is 12.3. The number of rotatable bonds is 6. The standard InChI is InChI=1S/C16H21ClN4O.ClH/c1-11(2)15-14(16(22)19-9-8-18-3)10-20-21(15)13-6-4-12(17)5-7-13;/h4-7,10-11,18H,8-9H2,1-3H3,(H,19,22);1H. The van der Waals surface area contributed by atoms with Crippen LogP contribution >= 0.6 is 24.0 Å². The van der Waals surface area contributed by atoms with Gasteiger partial charge in [0.2, 0.25) is 0 Å². The largest absolute Gasteiger partial charge is 0.351 e. The molecule has 0 saturated carbocycles. The molecule has 7 heteroatoms. The number of carbonyl (C=O) groups excluding carboxylic acids is 1. The zero-order valence-electron chi connectivity index (χ0n) is 13.5. The van der Waals surface area contributed by atoms with Crippen LogP contribution in [0, 0.1) is 0 Å². The predicted molar refractivity (Wildman–Crippen MR) is 96.2 cm³/mol.